The summed E-state index contributed by atoms with van der Waals surface area (Å²) >= 11 is 0. The molecule has 12 nitrogen and oxygen atoms in total. The van der Waals surface area contributed by atoms with Crippen molar-refractivity contribution in [3.05, 3.63) is 40.4 Å². The average Bonchev–Trinajstić information content (AvgIpc) is 3.45. The molecule has 0 radical (unpaired) electrons. The van der Waals surface area contributed by atoms with Crippen LogP contribution in [0.3, 0.4) is 0 Å². The zero-order valence-electron chi connectivity index (χ0n) is 21.7. The molecule has 1 aliphatic heterocycles. The van der Waals surface area contributed by atoms with Crippen LogP contribution in [-0.4, -0.2) is 74.9 Å². The molecule has 2 N–H and O–H groups in total. The molecule has 1 aliphatic rings. The SMILES string of the molecule is CCOC(=O)c1nc(NC[C@H]2CCCN2C(=O)OC(C)(C)C)nc2c1[nH]c(=O)n2-c1ccccc1OC. The fourth-order valence-electron chi connectivity index (χ4n) is 4.27. The predicted molar refractivity (Wildman–Crippen MR) is 136 cm³/mol. The maximum absolute atomic E-state index is 13.0. The summed E-state index contributed by atoms with van der Waals surface area (Å²) in [5, 5.41) is 3.14. The number of ether oxygens (including phenoxy) is 3. The summed E-state index contributed by atoms with van der Waals surface area (Å²) in [4.78, 5) is 51.7. The lowest BCUT2D eigenvalue weighted by molar-refractivity contribution is 0.0234. The number of nitrogens with zero attached hydrogens (tertiary/aromatic N) is 4. The number of H-pyrrole nitrogens is 1. The van der Waals surface area contributed by atoms with Crippen molar-refractivity contribution in [1.82, 2.24) is 24.4 Å². The minimum Gasteiger partial charge on any atom is -0.495 e. The number of carbonyl (C=O) groups excluding carboxylic acids is 2. The standard InChI is InChI=1S/C25H32N6O6/c1-6-36-21(32)19-18-20(31(23(33)28-18)16-11-7-8-12-17(16)35-5)29-22(27-19)26-14-15-10-9-13-30(15)24(34)37-25(2,3)4/h7-8,11-12,15H,6,9-10,13-14H2,1-5H3,(H,28,33)(H,26,27,29)/t15-/m1/s1. The van der Waals surface area contributed by atoms with Crippen molar-refractivity contribution in [2.45, 2.75) is 52.2 Å². The molecule has 3 heterocycles. The Balaban J connectivity index is 1.71. The summed E-state index contributed by atoms with van der Waals surface area (Å²) in [6, 6.07) is 6.83. The van der Waals surface area contributed by atoms with Crippen LogP contribution in [-0.2, 0) is 9.47 Å². The number of aromatic amines is 1. The molecule has 1 amide bonds. The number of esters is 1. The topological polar surface area (TPSA) is 141 Å². The van der Waals surface area contributed by atoms with Gasteiger partial charge < -0.3 is 29.4 Å². The van der Waals surface area contributed by atoms with E-state index in [4.69, 9.17) is 14.2 Å². The number of methoxy groups -OCH3 is 1. The number of fused-ring (bicyclic) bond motifs is 1. The molecule has 2 aromatic heterocycles. The monoisotopic (exact) mass is 512 g/mol. The summed E-state index contributed by atoms with van der Waals surface area (Å²) in [5.41, 5.74) is -0.398. The number of benzene rings is 1. The zero-order valence-corrected chi connectivity index (χ0v) is 21.7. The van der Waals surface area contributed by atoms with Gasteiger partial charge in [-0.25, -0.2) is 23.9 Å². The van der Waals surface area contributed by atoms with Gasteiger partial charge in [0.15, 0.2) is 11.3 Å². The second-order valence-electron chi connectivity index (χ2n) is 9.60. The summed E-state index contributed by atoms with van der Waals surface area (Å²) < 4.78 is 17.5. The molecule has 198 valence electrons. The Morgan fingerprint density at radius 1 is 1.22 bits per heavy atom. The first-order chi connectivity index (χ1) is 17.6. The highest BCUT2D eigenvalue weighted by molar-refractivity contribution is 5.99. The third kappa shape index (κ3) is 5.52. The number of hydrogen-bond donors (Lipinski definition) is 2. The third-order valence-electron chi connectivity index (χ3n) is 5.83. The summed E-state index contributed by atoms with van der Waals surface area (Å²) in [6.07, 6.45) is 1.23. The van der Waals surface area contributed by atoms with E-state index in [2.05, 4.69) is 20.3 Å². The van der Waals surface area contributed by atoms with Gasteiger partial charge in [-0.05, 0) is 52.7 Å². The van der Waals surface area contributed by atoms with Crippen LogP contribution in [0.15, 0.2) is 29.1 Å². The van der Waals surface area contributed by atoms with Crippen molar-refractivity contribution >= 4 is 29.2 Å². The molecule has 12 heteroatoms. The molecule has 1 aromatic carbocycles. The van der Waals surface area contributed by atoms with Crippen LogP contribution in [0, 0.1) is 0 Å². The second-order valence-corrected chi connectivity index (χ2v) is 9.60. The quantitative estimate of drug-likeness (QED) is 0.457. The van der Waals surface area contributed by atoms with Crippen molar-refractivity contribution < 1.29 is 23.8 Å². The normalized spacial score (nSPS) is 15.6. The first-order valence-electron chi connectivity index (χ1n) is 12.2. The minimum atomic E-state index is -0.692. The lowest BCUT2D eigenvalue weighted by atomic mass is 10.2. The van der Waals surface area contributed by atoms with E-state index in [-0.39, 0.29) is 41.5 Å². The molecule has 37 heavy (non-hydrogen) atoms. The molecule has 0 aliphatic carbocycles. The Morgan fingerprint density at radius 2 is 1.97 bits per heavy atom. The smallest absolute Gasteiger partial charge is 0.410 e. The zero-order chi connectivity index (χ0) is 26.7. The van der Waals surface area contributed by atoms with Gasteiger partial charge in [-0.2, -0.15) is 4.98 Å². The fourth-order valence-corrected chi connectivity index (χ4v) is 4.27. The van der Waals surface area contributed by atoms with Crippen LogP contribution in [0.25, 0.3) is 16.9 Å². The molecule has 0 bridgehead atoms. The number of anilines is 1. The van der Waals surface area contributed by atoms with Crippen LogP contribution in [0.2, 0.25) is 0 Å². The number of amides is 1. The molecule has 4 rings (SSSR count). The van der Waals surface area contributed by atoms with Gasteiger partial charge in [0, 0.05) is 13.1 Å². The molecule has 0 spiro atoms. The first-order valence-corrected chi connectivity index (χ1v) is 12.2. The number of para-hydroxylation sites is 2. The van der Waals surface area contributed by atoms with Gasteiger partial charge in [-0.15, -0.1) is 0 Å². The van der Waals surface area contributed by atoms with E-state index >= 15 is 0 Å². The van der Waals surface area contributed by atoms with Crippen LogP contribution >= 0.6 is 0 Å². The number of imidazole rings is 1. The number of aromatic nitrogens is 4. The molecule has 1 atom stereocenters. The highest BCUT2D eigenvalue weighted by atomic mass is 16.6. The van der Waals surface area contributed by atoms with Gasteiger partial charge in [0.2, 0.25) is 5.95 Å². The summed E-state index contributed by atoms with van der Waals surface area (Å²) in [6.45, 7) is 8.21. The van der Waals surface area contributed by atoms with Crippen LogP contribution in [0.1, 0.15) is 51.0 Å². The van der Waals surface area contributed by atoms with Crippen molar-refractivity contribution in [2.24, 2.45) is 0 Å². The van der Waals surface area contributed by atoms with Crippen molar-refractivity contribution in [3.8, 4) is 11.4 Å². The van der Waals surface area contributed by atoms with Gasteiger partial charge >= 0.3 is 17.8 Å². The lowest BCUT2D eigenvalue weighted by Gasteiger charge is -2.28. The Kier molecular flexibility index (Phi) is 7.37. The Labute approximate surface area is 213 Å². The number of rotatable bonds is 7. The lowest BCUT2D eigenvalue weighted by Crippen LogP contribution is -2.42. The average molecular weight is 513 g/mol. The van der Waals surface area contributed by atoms with E-state index in [9.17, 15) is 14.4 Å². The van der Waals surface area contributed by atoms with E-state index in [0.29, 0.717) is 24.5 Å². The summed E-state index contributed by atoms with van der Waals surface area (Å²) in [7, 11) is 1.50. The minimum absolute atomic E-state index is 0.0736. The van der Waals surface area contributed by atoms with Gasteiger partial charge in [-0.1, -0.05) is 12.1 Å². The predicted octanol–water partition coefficient (Wildman–Crippen LogP) is 3.11. The maximum atomic E-state index is 13.0. The molecule has 1 fully saturated rings. The van der Waals surface area contributed by atoms with E-state index in [0.717, 1.165) is 12.8 Å². The van der Waals surface area contributed by atoms with E-state index in [1.807, 2.05) is 20.8 Å². The maximum Gasteiger partial charge on any atom is 0.410 e. The van der Waals surface area contributed by atoms with E-state index < -0.39 is 17.3 Å². The number of hydrogen-bond acceptors (Lipinski definition) is 9. The Hall–Kier alpha value is -4.09. The van der Waals surface area contributed by atoms with Gasteiger partial charge in [0.1, 0.15) is 16.9 Å². The molecule has 1 saturated heterocycles. The first kappa shape index (κ1) is 26.0. The van der Waals surface area contributed by atoms with Gasteiger partial charge in [-0.3, -0.25) is 0 Å². The van der Waals surface area contributed by atoms with Crippen LogP contribution in [0.4, 0.5) is 10.7 Å². The van der Waals surface area contributed by atoms with E-state index in [1.165, 1.54) is 11.7 Å². The summed E-state index contributed by atoms with van der Waals surface area (Å²) in [5.74, 6) is -0.118. The fraction of sp³-hybridized carbons (Fsp3) is 0.480. The highest BCUT2D eigenvalue weighted by Gasteiger charge is 2.32. The Bertz CT molecular complexity index is 1360. The third-order valence-corrected chi connectivity index (χ3v) is 5.83. The van der Waals surface area contributed by atoms with E-state index in [1.54, 1.807) is 36.1 Å². The molecule has 0 unspecified atom stereocenters. The van der Waals surface area contributed by atoms with Crippen LogP contribution in [0.5, 0.6) is 5.75 Å². The molecule has 0 saturated carbocycles. The molecule has 3 aromatic rings. The molecular weight excluding hydrogens is 480 g/mol. The largest absolute Gasteiger partial charge is 0.495 e. The number of likely N-dealkylation sites (tertiary alicyclic amines) is 1. The molecular formula is C25H32N6O6. The highest BCUT2D eigenvalue weighted by Crippen LogP contribution is 2.26. The van der Waals surface area contributed by atoms with Crippen LogP contribution < -0.4 is 15.7 Å². The Morgan fingerprint density at radius 3 is 2.68 bits per heavy atom. The van der Waals surface area contributed by atoms with Crippen molar-refractivity contribution in [3.63, 3.8) is 0 Å². The van der Waals surface area contributed by atoms with Crippen molar-refractivity contribution in [2.75, 3.05) is 32.1 Å². The second kappa shape index (κ2) is 10.5. The van der Waals surface area contributed by atoms with Crippen molar-refractivity contribution in [1.29, 1.82) is 0 Å². The van der Waals surface area contributed by atoms with Gasteiger partial charge in [0.05, 0.1) is 25.4 Å². The number of nitrogens with one attached hydrogen (secondary N) is 2. The number of carbonyl (C=O) groups is 2. The van der Waals surface area contributed by atoms with Gasteiger partial charge in [0.25, 0.3) is 0 Å².